The highest BCUT2D eigenvalue weighted by molar-refractivity contribution is 7.80. The van der Waals surface area contributed by atoms with E-state index in [2.05, 4.69) is 72.6 Å². The highest BCUT2D eigenvalue weighted by atomic mass is 32.1. The molecule has 0 saturated carbocycles. The summed E-state index contributed by atoms with van der Waals surface area (Å²) in [6, 6.07) is 25.9. The third kappa shape index (κ3) is 5.11. The lowest BCUT2D eigenvalue weighted by Gasteiger charge is -2.29. The molecule has 0 aliphatic carbocycles. The predicted octanol–water partition coefficient (Wildman–Crippen LogP) is 4.70. The third-order valence-corrected chi connectivity index (χ3v) is 6.84. The molecule has 0 unspecified atom stereocenters. The van der Waals surface area contributed by atoms with E-state index in [4.69, 9.17) is 17.0 Å². The number of thiocarbonyl (C=S) groups is 1. The maximum atomic E-state index is 12.0. The number of nitrogens with zero attached hydrogens (tertiary/aromatic N) is 4. The predicted molar refractivity (Wildman–Crippen MR) is 155 cm³/mol. The fourth-order valence-electron chi connectivity index (χ4n) is 4.75. The Morgan fingerprint density at radius 1 is 1.03 bits per heavy atom. The van der Waals surface area contributed by atoms with Gasteiger partial charge in [0.25, 0.3) is 0 Å². The number of amides is 1. The van der Waals surface area contributed by atoms with Gasteiger partial charge in [-0.1, -0.05) is 6.07 Å². The molecule has 1 fully saturated rings. The summed E-state index contributed by atoms with van der Waals surface area (Å²) in [5.74, 6) is -0.204. The van der Waals surface area contributed by atoms with Crippen LogP contribution in [0.3, 0.4) is 0 Å². The highest BCUT2D eigenvalue weighted by Gasteiger charge is 2.42. The summed E-state index contributed by atoms with van der Waals surface area (Å²) in [4.78, 5) is 20.8. The molecule has 9 heteroatoms. The van der Waals surface area contributed by atoms with Gasteiger partial charge in [-0.25, -0.2) is 0 Å². The molecule has 38 heavy (non-hydrogen) atoms. The molecule has 4 aromatic rings. The second-order valence-corrected chi connectivity index (χ2v) is 9.63. The molecule has 2 atom stereocenters. The number of anilines is 3. The van der Waals surface area contributed by atoms with Crippen LogP contribution in [0.2, 0.25) is 0 Å². The fourth-order valence-corrected chi connectivity index (χ4v) is 5.09. The highest BCUT2D eigenvalue weighted by Crippen LogP contribution is 2.42. The first-order valence-electron chi connectivity index (χ1n) is 12.3. The summed E-state index contributed by atoms with van der Waals surface area (Å²) in [5, 5.41) is 6.96. The molecule has 2 N–H and O–H groups in total. The second-order valence-electron chi connectivity index (χ2n) is 9.24. The first-order chi connectivity index (χ1) is 18.5. The number of hydrogen-bond donors (Lipinski definition) is 2. The average Bonchev–Trinajstić information content (AvgIpc) is 3.54. The van der Waals surface area contributed by atoms with Gasteiger partial charge in [-0.3, -0.25) is 9.78 Å². The number of rotatable bonds is 8. The number of benzene rings is 2. The van der Waals surface area contributed by atoms with Crippen LogP contribution < -0.4 is 20.4 Å². The van der Waals surface area contributed by atoms with Gasteiger partial charge in [-0.05, 0) is 85.0 Å². The fraction of sp³-hybridized carbons (Fsp3) is 0.207. The Labute approximate surface area is 227 Å². The van der Waals surface area contributed by atoms with Crippen molar-refractivity contribution in [3.05, 3.63) is 103 Å². The minimum atomic E-state index is -0.204. The maximum Gasteiger partial charge on any atom is 0.250 e. The van der Waals surface area contributed by atoms with Crippen molar-refractivity contribution in [3.8, 4) is 5.69 Å². The van der Waals surface area contributed by atoms with E-state index in [1.807, 2.05) is 56.6 Å². The molecule has 1 aliphatic heterocycles. The van der Waals surface area contributed by atoms with Crippen LogP contribution in [0.25, 0.3) is 5.69 Å². The standard InChI is InChI=1S/C29H30N6O2S/c1-33(2)21-13-15-22(16-14-21)34-18-6-8-25(34)28-27(24-7-4-5-17-30-24)32-29(38)35(28)23-11-9-20(10-12-23)31-26(36)19-37-3/h4-18,27-28H,19H2,1-3H3,(H,31,36)(H,32,38)/t27-,28+/m1/s1. The molecule has 8 nitrogen and oxygen atoms in total. The summed E-state index contributed by atoms with van der Waals surface area (Å²) in [6.07, 6.45) is 3.87. The van der Waals surface area contributed by atoms with E-state index in [1.165, 1.54) is 7.11 Å². The molecule has 1 saturated heterocycles. The topological polar surface area (TPSA) is 74.7 Å². The summed E-state index contributed by atoms with van der Waals surface area (Å²) >= 11 is 5.88. The Kier molecular flexibility index (Phi) is 7.39. The molecule has 194 valence electrons. The Balaban J connectivity index is 1.54. The van der Waals surface area contributed by atoms with E-state index in [-0.39, 0.29) is 24.6 Å². The van der Waals surface area contributed by atoms with Crippen molar-refractivity contribution in [3.63, 3.8) is 0 Å². The van der Waals surface area contributed by atoms with Crippen LogP contribution in [0.1, 0.15) is 23.5 Å². The zero-order valence-corrected chi connectivity index (χ0v) is 22.4. The number of methoxy groups -OCH3 is 1. The number of pyridine rings is 1. The quantitative estimate of drug-likeness (QED) is 0.323. The molecule has 0 radical (unpaired) electrons. The van der Waals surface area contributed by atoms with E-state index in [9.17, 15) is 4.79 Å². The van der Waals surface area contributed by atoms with Crippen molar-refractivity contribution in [2.45, 2.75) is 12.1 Å². The first-order valence-corrected chi connectivity index (χ1v) is 12.7. The summed E-state index contributed by atoms with van der Waals surface area (Å²) in [5.41, 5.74) is 5.77. The van der Waals surface area contributed by atoms with Crippen LogP contribution >= 0.6 is 12.2 Å². The number of nitrogens with one attached hydrogen (secondary N) is 2. The van der Waals surface area contributed by atoms with Gasteiger partial charge in [0.2, 0.25) is 5.91 Å². The van der Waals surface area contributed by atoms with Crippen molar-refractivity contribution >= 4 is 40.3 Å². The number of carbonyl (C=O) groups is 1. The number of carbonyl (C=O) groups excluding carboxylic acids is 1. The van der Waals surface area contributed by atoms with E-state index < -0.39 is 0 Å². The van der Waals surface area contributed by atoms with Crippen molar-refractivity contribution in [1.82, 2.24) is 14.9 Å². The normalized spacial score (nSPS) is 16.8. The summed E-state index contributed by atoms with van der Waals surface area (Å²) in [6.45, 7) is 0.00221. The van der Waals surface area contributed by atoms with Crippen molar-refractivity contribution in [2.75, 3.05) is 42.9 Å². The number of aromatic nitrogens is 2. The van der Waals surface area contributed by atoms with Crippen molar-refractivity contribution in [2.24, 2.45) is 0 Å². The molecule has 0 bridgehead atoms. The van der Waals surface area contributed by atoms with Gasteiger partial charge in [0.15, 0.2) is 5.11 Å². The van der Waals surface area contributed by atoms with Crippen LogP contribution in [0.4, 0.5) is 17.1 Å². The molecule has 5 rings (SSSR count). The van der Waals surface area contributed by atoms with Crippen molar-refractivity contribution in [1.29, 1.82) is 0 Å². The monoisotopic (exact) mass is 526 g/mol. The Bertz CT molecular complexity index is 1400. The summed E-state index contributed by atoms with van der Waals surface area (Å²) in [7, 11) is 5.56. The molecular formula is C29H30N6O2S. The van der Waals surface area contributed by atoms with Gasteiger partial charge >= 0.3 is 0 Å². The van der Waals surface area contributed by atoms with Crippen LogP contribution in [0, 0.1) is 0 Å². The first kappa shape index (κ1) is 25.4. The van der Waals surface area contributed by atoms with E-state index in [0.717, 1.165) is 28.5 Å². The summed E-state index contributed by atoms with van der Waals surface area (Å²) < 4.78 is 7.11. The number of ether oxygens (including phenoxy) is 1. The molecule has 2 aromatic carbocycles. The van der Waals surface area contributed by atoms with E-state index in [0.29, 0.717) is 10.8 Å². The average molecular weight is 527 g/mol. The SMILES string of the molecule is COCC(=O)Nc1ccc(N2C(=S)N[C@H](c3ccccn3)[C@@H]2c2cccn2-c2ccc(N(C)C)cc2)cc1. The molecule has 0 spiro atoms. The minimum absolute atomic E-state index is 0.00221. The molecular weight excluding hydrogens is 496 g/mol. The van der Waals surface area contributed by atoms with Crippen LogP contribution in [0.5, 0.6) is 0 Å². The van der Waals surface area contributed by atoms with E-state index in [1.54, 1.807) is 6.20 Å². The molecule has 1 aliphatic rings. The largest absolute Gasteiger partial charge is 0.378 e. The zero-order chi connectivity index (χ0) is 26.6. The van der Waals surface area contributed by atoms with Gasteiger partial charge in [0, 0.05) is 62.0 Å². The lowest BCUT2D eigenvalue weighted by atomic mass is 10.0. The van der Waals surface area contributed by atoms with Gasteiger partial charge in [-0.15, -0.1) is 0 Å². The van der Waals surface area contributed by atoms with Gasteiger partial charge in [0.05, 0.1) is 11.7 Å². The maximum absolute atomic E-state index is 12.0. The van der Waals surface area contributed by atoms with E-state index >= 15 is 0 Å². The Morgan fingerprint density at radius 2 is 1.76 bits per heavy atom. The second kappa shape index (κ2) is 11.0. The lowest BCUT2D eigenvalue weighted by Crippen LogP contribution is -2.30. The van der Waals surface area contributed by atoms with Gasteiger partial charge < -0.3 is 29.7 Å². The van der Waals surface area contributed by atoms with Gasteiger partial charge in [0.1, 0.15) is 12.6 Å². The Hall–Kier alpha value is -4.21. The minimum Gasteiger partial charge on any atom is -0.378 e. The van der Waals surface area contributed by atoms with Crippen LogP contribution in [-0.4, -0.2) is 48.4 Å². The van der Waals surface area contributed by atoms with Crippen molar-refractivity contribution < 1.29 is 9.53 Å². The van der Waals surface area contributed by atoms with Gasteiger partial charge in [-0.2, -0.15) is 0 Å². The molecule has 1 amide bonds. The molecule has 2 aromatic heterocycles. The third-order valence-electron chi connectivity index (χ3n) is 6.53. The van der Waals surface area contributed by atoms with Crippen LogP contribution in [0.15, 0.2) is 91.3 Å². The lowest BCUT2D eigenvalue weighted by molar-refractivity contribution is -0.119. The molecule has 3 heterocycles. The number of hydrogen-bond acceptors (Lipinski definition) is 5. The zero-order valence-electron chi connectivity index (χ0n) is 21.5. The Morgan fingerprint density at radius 3 is 2.42 bits per heavy atom. The van der Waals surface area contributed by atoms with Crippen LogP contribution in [-0.2, 0) is 9.53 Å². The smallest absolute Gasteiger partial charge is 0.250 e.